The van der Waals surface area contributed by atoms with Crippen molar-refractivity contribution in [2.45, 2.75) is 6.42 Å². The summed E-state index contributed by atoms with van der Waals surface area (Å²) in [7, 11) is 1.96. The molecule has 1 aromatic heterocycles. The molecule has 0 bridgehead atoms. The van der Waals surface area contributed by atoms with Gasteiger partial charge in [-0.15, -0.1) is 0 Å². The number of H-pyrrole nitrogens is 1. The molecule has 1 heterocycles. The summed E-state index contributed by atoms with van der Waals surface area (Å²) < 4.78 is 0. The highest BCUT2D eigenvalue weighted by molar-refractivity contribution is 5.41. The van der Waals surface area contributed by atoms with E-state index in [2.05, 4.69) is 22.3 Å². The molecule has 1 N–H and O–H groups in total. The van der Waals surface area contributed by atoms with Gasteiger partial charge in [-0.1, -0.05) is 30.3 Å². The number of nitrogens with zero attached hydrogens (tertiary/aromatic N) is 2. The van der Waals surface area contributed by atoms with Crippen molar-refractivity contribution in [2.24, 2.45) is 0 Å². The zero-order valence-corrected chi connectivity index (χ0v) is 9.76. The minimum absolute atomic E-state index is 0.172. The molecule has 0 spiro atoms. The van der Waals surface area contributed by atoms with Crippen molar-refractivity contribution in [1.29, 1.82) is 0 Å². The Balaban J connectivity index is 1.98. The van der Waals surface area contributed by atoms with Gasteiger partial charge in [0.15, 0.2) is 0 Å². The van der Waals surface area contributed by atoms with Gasteiger partial charge in [0.2, 0.25) is 0 Å². The molecule has 0 aliphatic rings. The van der Waals surface area contributed by atoms with Crippen molar-refractivity contribution in [3.8, 4) is 0 Å². The first-order valence-electron chi connectivity index (χ1n) is 5.55. The number of hydrogen-bond donors (Lipinski definition) is 1. The number of anilines is 1. The van der Waals surface area contributed by atoms with E-state index in [9.17, 15) is 4.79 Å². The normalized spacial score (nSPS) is 10.2. The van der Waals surface area contributed by atoms with E-state index in [1.165, 1.54) is 5.56 Å². The number of hydrogen-bond acceptors (Lipinski definition) is 3. The van der Waals surface area contributed by atoms with Gasteiger partial charge in [-0.25, -0.2) is 5.10 Å². The second kappa shape index (κ2) is 5.30. The maximum atomic E-state index is 11.1. The quantitative estimate of drug-likeness (QED) is 0.863. The summed E-state index contributed by atoms with van der Waals surface area (Å²) in [4.78, 5) is 13.1. The Morgan fingerprint density at radius 2 is 2.06 bits per heavy atom. The van der Waals surface area contributed by atoms with Crippen LogP contribution < -0.4 is 10.5 Å². The number of aromatic amines is 1. The van der Waals surface area contributed by atoms with Gasteiger partial charge in [-0.2, -0.15) is 5.10 Å². The van der Waals surface area contributed by atoms with E-state index < -0.39 is 0 Å². The molecule has 17 heavy (non-hydrogen) atoms. The molecule has 0 radical (unpaired) electrons. The van der Waals surface area contributed by atoms with Crippen LogP contribution in [0.3, 0.4) is 0 Å². The third-order valence-electron chi connectivity index (χ3n) is 2.67. The lowest BCUT2D eigenvalue weighted by Gasteiger charge is -2.18. The van der Waals surface area contributed by atoms with E-state index in [1.54, 1.807) is 12.3 Å². The van der Waals surface area contributed by atoms with E-state index in [-0.39, 0.29) is 5.56 Å². The van der Waals surface area contributed by atoms with Crippen molar-refractivity contribution in [2.75, 3.05) is 18.5 Å². The SMILES string of the molecule is CN(CCc1ccccc1)c1cn[nH]c(=O)c1. The number of benzene rings is 1. The number of rotatable bonds is 4. The number of nitrogens with one attached hydrogen (secondary N) is 1. The Morgan fingerprint density at radius 1 is 1.29 bits per heavy atom. The fourth-order valence-electron chi connectivity index (χ4n) is 1.65. The highest BCUT2D eigenvalue weighted by Gasteiger charge is 2.02. The summed E-state index contributed by atoms with van der Waals surface area (Å²) in [5.41, 5.74) is 1.95. The highest BCUT2D eigenvalue weighted by Crippen LogP contribution is 2.08. The van der Waals surface area contributed by atoms with Crippen molar-refractivity contribution >= 4 is 5.69 Å². The molecule has 88 valence electrons. The molecular formula is C13H15N3O. The van der Waals surface area contributed by atoms with Crippen LogP contribution in [0.1, 0.15) is 5.56 Å². The van der Waals surface area contributed by atoms with Crippen LogP contribution in [0.15, 0.2) is 47.4 Å². The Bertz CT molecular complexity index is 521. The van der Waals surface area contributed by atoms with E-state index in [4.69, 9.17) is 0 Å². The predicted molar refractivity (Wildman–Crippen MR) is 68.3 cm³/mol. The molecule has 0 saturated carbocycles. The lowest BCUT2D eigenvalue weighted by molar-refractivity contribution is 0.861. The Morgan fingerprint density at radius 3 is 2.76 bits per heavy atom. The summed E-state index contributed by atoms with van der Waals surface area (Å²) in [5, 5.41) is 6.15. The van der Waals surface area contributed by atoms with Gasteiger partial charge in [-0.3, -0.25) is 4.79 Å². The van der Waals surface area contributed by atoms with Crippen molar-refractivity contribution in [3.05, 3.63) is 58.5 Å². The van der Waals surface area contributed by atoms with Gasteiger partial charge in [0.05, 0.1) is 11.9 Å². The minimum atomic E-state index is -0.172. The summed E-state index contributed by atoms with van der Waals surface area (Å²) in [5.74, 6) is 0. The third kappa shape index (κ3) is 3.17. The van der Waals surface area contributed by atoms with Crippen LogP contribution in [0.2, 0.25) is 0 Å². The molecule has 0 unspecified atom stereocenters. The summed E-state index contributed by atoms with van der Waals surface area (Å²) in [6.07, 6.45) is 2.61. The fraction of sp³-hybridized carbons (Fsp3) is 0.231. The fourth-order valence-corrected chi connectivity index (χ4v) is 1.65. The molecule has 0 aliphatic carbocycles. The summed E-state index contributed by atoms with van der Waals surface area (Å²) >= 11 is 0. The van der Waals surface area contributed by atoms with Crippen LogP contribution in [0, 0.1) is 0 Å². The van der Waals surface area contributed by atoms with Crippen LogP contribution in [0.5, 0.6) is 0 Å². The second-order valence-corrected chi connectivity index (χ2v) is 3.96. The van der Waals surface area contributed by atoms with Gasteiger partial charge < -0.3 is 4.90 Å². The molecule has 4 nitrogen and oxygen atoms in total. The van der Waals surface area contributed by atoms with E-state index in [1.807, 2.05) is 30.1 Å². The Kier molecular flexibility index (Phi) is 3.55. The largest absolute Gasteiger partial charge is 0.373 e. The molecule has 2 aromatic rings. The zero-order valence-electron chi connectivity index (χ0n) is 9.76. The molecule has 0 amide bonds. The average molecular weight is 229 g/mol. The Labute approximate surface area is 99.9 Å². The third-order valence-corrected chi connectivity index (χ3v) is 2.67. The maximum absolute atomic E-state index is 11.1. The molecule has 1 aromatic carbocycles. The Hall–Kier alpha value is -2.10. The van der Waals surface area contributed by atoms with Gasteiger partial charge in [0.25, 0.3) is 5.56 Å². The van der Waals surface area contributed by atoms with Crippen molar-refractivity contribution < 1.29 is 0 Å². The molecule has 0 fully saturated rings. The molecule has 0 saturated heterocycles. The highest BCUT2D eigenvalue weighted by atomic mass is 16.1. The van der Waals surface area contributed by atoms with Gasteiger partial charge in [0, 0.05) is 19.7 Å². The van der Waals surface area contributed by atoms with Crippen LogP contribution in [-0.4, -0.2) is 23.8 Å². The van der Waals surface area contributed by atoms with Crippen LogP contribution >= 0.6 is 0 Å². The summed E-state index contributed by atoms with van der Waals surface area (Å²) in [6, 6.07) is 11.8. The van der Waals surface area contributed by atoms with Crippen LogP contribution in [0.25, 0.3) is 0 Å². The first-order chi connectivity index (χ1) is 8.25. The topological polar surface area (TPSA) is 49.0 Å². The van der Waals surface area contributed by atoms with E-state index >= 15 is 0 Å². The maximum Gasteiger partial charge on any atom is 0.266 e. The molecule has 0 aliphatic heterocycles. The van der Waals surface area contributed by atoms with E-state index in [0.717, 1.165) is 18.7 Å². The lowest BCUT2D eigenvalue weighted by atomic mass is 10.1. The minimum Gasteiger partial charge on any atom is -0.373 e. The van der Waals surface area contributed by atoms with Crippen molar-refractivity contribution in [3.63, 3.8) is 0 Å². The molecular weight excluding hydrogens is 214 g/mol. The van der Waals surface area contributed by atoms with Crippen LogP contribution in [0.4, 0.5) is 5.69 Å². The first kappa shape index (κ1) is 11.4. The van der Waals surface area contributed by atoms with Gasteiger partial charge in [-0.05, 0) is 12.0 Å². The first-order valence-corrected chi connectivity index (χ1v) is 5.55. The molecule has 4 heteroatoms. The monoisotopic (exact) mass is 229 g/mol. The summed E-state index contributed by atoms with van der Waals surface area (Å²) in [6.45, 7) is 0.856. The molecule has 2 rings (SSSR count). The van der Waals surface area contributed by atoms with Crippen molar-refractivity contribution in [1.82, 2.24) is 10.2 Å². The van der Waals surface area contributed by atoms with Crippen LogP contribution in [-0.2, 0) is 6.42 Å². The molecule has 0 atom stereocenters. The second-order valence-electron chi connectivity index (χ2n) is 3.96. The predicted octanol–water partition coefficient (Wildman–Crippen LogP) is 1.45. The van der Waals surface area contributed by atoms with Gasteiger partial charge >= 0.3 is 0 Å². The van der Waals surface area contributed by atoms with E-state index in [0.29, 0.717) is 0 Å². The number of aromatic nitrogens is 2. The van der Waals surface area contributed by atoms with Gasteiger partial charge in [0.1, 0.15) is 0 Å². The smallest absolute Gasteiger partial charge is 0.266 e. The lowest BCUT2D eigenvalue weighted by Crippen LogP contribution is -2.22. The standard InChI is InChI=1S/C13H15N3O/c1-16(12-9-13(17)15-14-10-12)8-7-11-5-3-2-4-6-11/h2-6,9-10H,7-8H2,1H3,(H,15,17). The average Bonchev–Trinajstić information content (AvgIpc) is 2.37. The zero-order chi connectivity index (χ0) is 12.1. The number of likely N-dealkylation sites (N-methyl/N-ethyl adjacent to an activating group) is 1.